The summed E-state index contributed by atoms with van der Waals surface area (Å²) in [5.74, 6) is -4.17. The predicted molar refractivity (Wildman–Crippen MR) is 71.0 cm³/mol. The fraction of sp³-hybridized carbons (Fsp3) is 0.750. The lowest BCUT2D eigenvalue weighted by molar-refractivity contribution is -0.166. The Morgan fingerprint density at radius 1 is 1.43 bits per heavy atom. The minimum Gasteiger partial charge on any atom is -0.373 e. The van der Waals surface area contributed by atoms with Gasteiger partial charge in [-0.2, -0.15) is 13.9 Å². The zero-order valence-electron chi connectivity index (χ0n) is 11.8. The number of hydrogen-bond acceptors (Lipinski definition) is 3. The predicted octanol–water partition coefficient (Wildman–Crippen LogP) is 2.42. The average Bonchev–Trinajstić information content (AvgIpc) is 2.65. The molecule has 0 saturated heterocycles. The molecule has 0 aliphatic carbocycles. The van der Waals surface area contributed by atoms with Crippen LogP contribution < -0.4 is 5.73 Å². The molecule has 122 valence electrons. The topological polar surface area (TPSA) is 53.1 Å². The molecule has 1 atom stereocenters. The minimum atomic E-state index is -4.17. The van der Waals surface area contributed by atoms with Gasteiger partial charge in [-0.3, -0.25) is 4.68 Å². The molecule has 0 radical (unpaired) electrons. The molecule has 0 fully saturated rings. The van der Waals surface area contributed by atoms with Crippen LogP contribution in [0.15, 0.2) is 0 Å². The van der Waals surface area contributed by atoms with Crippen LogP contribution in [0.3, 0.4) is 0 Å². The van der Waals surface area contributed by atoms with E-state index in [1.54, 1.807) is 11.7 Å². The van der Waals surface area contributed by atoms with E-state index in [0.29, 0.717) is 22.8 Å². The Balaban J connectivity index is 2.51. The summed E-state index contributed by atoms with van der Waals surface area (Å²) < 4.78 is 55.3. The number of alkyl halides is 4. The van der Waals surface area contributed by atoms with Gasteiger partial charge in [-0.15, -0.1) is 0 Å². The smallest absolute Gasteiger partial charge is 0.330 e. The molecule has 2 N–H and O–H groups in total. The van der Waals surface area contributed by atoms with Crippen molar-refractivity contribution in [1.82, 2.24) is 9.78 Å². The Morgan fingerprint density at radius 2 is 2.05 bits per heavy atom. The molecule has 4 nitrogen and oxygen atoms in total. The Labute approximate surface area is 125 Å². The van der Waals surface area contributed by atoms with E-state index in [1.165, 1.54) is 0 Å². The number of nitrogens with zero attached hydrogens (tertiary/aromatic N) is 2. The van der Waals surface area contributed by atoms with Gasteiger partial charge in [0.1, 0.15) is 6.61 Å². The molecule has 0 bridgehead atoms. The summed E-state index contributed by atoms with van der Waals surface area (Å²) in [7, 11) is 1.69. The first-order chi connectivity index (χ1) is 9.69. The molecule has 0 spiro atoms. The number of nitrogens with two attached hydrogens (primary N) is 1. The molecule has 0 aromatic carbocycles. The molecule has 1 aromatic heterocycles. The van der Waals surface area contributed by atoms with Crippen LogP contribution in [-0.4, -0.2) is 41.4 Å². The summed E-state index contributed by atoms with van der Waals surface area (Å²) in [6.07, 6.45) is -2.85. The average molecular weight is 332 g/mol. The Bertz CT molecular complexity index is 468. The van der Waals surface area contributed by atoms with Gasteiger partial charge in [-0.25, -0.2) is 8.78 Å². The van der Waals surface area contributed by atoms with Gasteiger partial charge in [0.05, 0.1) is 23.0 Å². The van der Waals surface area contributed by atoms with Crippen molar-refractivity contribution in [3.8, 4) is 0 Å². The second-order valence-electron chi connectivity index (χ2n) is 4.73. The lowest BCUT2D eigenvalue weighted by Gasteiger charge is -2.17. The highest BCUT2D eigenvalue weighted by Crippen LogP contribution is 2.24. The van der Waals surface area contributed by atoms with Gasteiger partial charge in [0.2, 0.25) is 0 Å². The van der Waals surface area contributed by atoms with Crippen molar-refractivity contribution in [3.63, 3.8) is 0 Å². The third-order valence-electron chi connectivity index (χ3n) is 2.90. The van der Waals surface area contributed by atoms with E-state index in [1.807, 2.05) is 6.92 Å². The first-order valence-corrected chi connectivity index (χ1v) is 6.76. The Morgan fingerprint density at radius 3 is 2.52 bits per heavy atom. The third-order valence-corrected chi connectivity index (χ3v) is 3.34. The third kappa shape index (κ3) is 4.82. The normalized spacial score (nSPS) is 14.0. The summed E-state index contributed by atoms with van der Waals surface area (Å²) in [5, 5.41) is 4.67. The molecule has 9 heteroatoms. The molecule has 0 aliphatic rings. The SMILES string of the molecule is CCc1nn(C)c(CC(N)COCC(F)(F)C(F)F)c1Cl. The van der Waals surface area contributed by atoms with Gasteiger partial charge in [0.25, 0.3) is 0 Å². The first kappa shape index (κ1) is 18.2. The number of aryl methyl sites for hydroxylation is 2. The van der Waals surface area contributed by atoms with E-state index < -0.39 is 25.0 Å². The number of hydrogen-bond donors (Lipinski definition) is 1. The highest BCUT2D eigenvalue weighted by Gasteiger charge is 2.41. The largest absolute Gasteiger partial charge is 0.373 e. The monoisotopic (exact) mass is 331 g/mol. The Hall–Kier alpha value is -0.860. The summed E-state index contributed by atoms with van der Waals surface area (Å²) in [6.45, 7) is 0.260. The van der Waals surface area contributed by atoms with Crippen molar-refractivity contribution < 1.29 is 22.3 Å². The van der Waals surface area contributed by atoms with Gasteiger partial charge in [0, 0.05) is 19.5 Å². The summed E-state index contributed by atoms with van der Waals surface area (Å²) >= 11 is 6.12. The van der Waals surface area contributed by atoms with Crippen LogP contribution in [0.5, 0.6) is 0 Å². The lowest BCUT2D eigenvalue weighted by atomic mass is 10.1. The molecule has 1 rings (SSSR count). The van der Waals surface area contributed by atoms with Crippen LogP contribution in [0.2, 0.25) is 5.02 Å². The Kier molecular flexibility index (Phi) is 6.42. The molecule has 1 aromatic rings. The van der Waals surface area contributed by atoms with Crippen molar-refractivity contribution in [1.29, 1.82) is 0 Å². The number of ether oxygens (including phenoxy) is 1. The maximum atomic E-state index is 12.7. The van der Waals surface area contributed by atoms with Crippen LogP contribution in [0.1, 0.15) is 18.3 Å². The fourth-order valence-electron chi connectivity index (χ4n) is 1.76. The molecule has 1 heterocycles. The maximum absolute atomic E-state index is 12.7. The molecule has 0 saturated carbocycles. The number of aromatic nitrogens is 2. The van der Waals surface area contributed by atoms with Gasteiger partial charge in [0.15, 0.2) is 0 Å². The highest BCUT2D eigenvalue weighted by atomic mass is 35.5. The van der Waals surface area contributed by atoms with Crippen LogP contribution in [0, 0.1) is 0 Å². The molecule has 21 heavy (non-hydrogen) atoms. The zero-order chi connectivity index (χ0) is 16.2. The standard InChI is InChI=1S/C12H18ClF4N3O/c1-3-8-10(13)9(20(2)19-8)4-7(18)5-21-6-12(16,17)11(14)15/h7,11H,3-6,18H2,1-2H3. The van der Waals surface area contributed by atoms with E-state index in [2.05, 4.69) is 9.84 Å². The molecule has 0 amide bonds. The van der Waals surface area contributed by atoms with E-state index >= 15 is 0 Å². The number of halogens is 5. The van der Waals surface area contributed by atoms with Crippen LogP contribution in [0.4, 0.5) is 17.6 Å². The second kappa shape index (κ2) is 7.42. The first-order valence-electron chi connectivity index (χ1n) is 6.38. The van der Waals surface area contributed by atoms with Crippen LogP contribution in [-0.2, 0) is 24.6 Å². The van der Waals surface area contributed by atoms with Crippen LogP contribution in [0.25, 0.3) is 0 Å². The molecule has 1 unspecified atom stereocenters. The van der Waals surface area contributed by atoms with E-state index in [-0.39, 0.29) is 13.0 Å². The van der Waals surface area contributed by atoms with E-state index in [0.717, 1.165) is 0 Å². The second-order valence-corrected chi connectivity index (χ2v) is 5.10. The van der Waals surface area contributed by atoms with Gasteiger partial charge < -0.3 is 10.5 Å². The zero-order valence-corrected chi connectivity index (χ0v) is 12.5. The lowest BCUT2D eigenvalue weighted by Crippen LogP contribution is -2.36. The van der Waals surface area contributed by atoms with Crippen molar-refractivity contribution in [2.45, 2.75) is 38.2 Å². The summed E-state index contributed by atoms with van der Waals surface area (Å²) in [4.78, 5) is 0. The van der Waals surface area contributed by atoms with Crippen LogP contribution >= 0.6 is 11.6 Å². The quantitative estimate of drug-likeness (QED) is 0.744. The highest BCUT2D eigenvalue weighted by molar-refractivity contribution is 6.31. The van der Waals surface area contributed by atoms with Crippen molar-refractivity contribution >= 4 is 11.6 Å². The molecular formula is C12H18ClF4N3O. The van der Waals surface area contributed by atoms with Gasteiger partial charge in [-0.05, 0) is 6.42 Å². The maximum Gasteiger partial charge on any atom is 0.330 e. The minimum absolute atomic E-state index is 0.253. The van der Waals surface area contributed by atoms with E-state index in [9.17, 15) is 17.6 Å². The summed E-state index contributed by atoms with van der Waals surface area (Å²) in [5.41, 5.74) is 7.11. The summed E-state index contributed by atoms with van der Waals surface area (Å²) in [6, 6.07) is -0.643. The van der Waals surface area contributed by atoms with Crippen molar-refractivity contribution in [2.75, 3.05) is 13.2 Å². The van der Waals surface area contributed by atoms with Crippen molar-refractivity contribution in [3.05, 3.63) is 16.4 Å². The molecule has 0 aliphatic heterocycles. The van der Waals surface area contributed by atoms with E-state index in [4.69, 9.17) is 17.3 Å². The van der Waals surface area contributed by atoms with Gasteiger partial charge in [-0.1, -0.05) is 18.5 Å². The fourth-order valence-corrected chi connectivity index (χ4v) is 2.13. The molecular weight excluding hydrogens is 314 g/mol. The number of rotatable bonds is 8. The van der Waals surface area contributed by atoms with Gasteiger partial charge >= 0.3 is 12.3 Å². The van der Waals surface area contributed by atoms with Crippen molar-refractivity contribution in [2.24, 2.45) is 12.8 Å².